The van der Waals surface area contributed by atoms with Crippen molar-refractivity contribution in [1.29, 1.82) is 0 Å². The maximum atomic E-state index is 12.9. The number of carbonyl (C=O) groups excluding carboxylic acids is 1. The molecule has 0 saturated carbocycles. The standard InChI is InChI=1S/C31H36N4O8S.Ac/c1-13-7-15-8-17-30(33-3)35-18-9-40-31(37)16(32)10-44-29(21-20(18)28-26(42-12-43-28)14(2)24(21)36)23(35)22(34(17)4)19(15)27(25(13)39-6)41-11-38-5;/h7,16-18,22-23,29-30,36H,8-12,32H2,1-2,4-6H3;/t16-,17-,18+,22+,23?,29+,30+;/m0./s1. The van der Waals surface area contributed by atoms with Crippen LogP contribution in [0.2, 0.25) is 0 Å². The zero-order valence-electron chi connectivity index (χ0n) is 25.9. The fraction of sp³-hybridized carbons (Fsp3) is 0.548. The number of nitrogens with two attached hydrogens (primary N) is 1. The minimum Gasteiger partial charge on any atom is -0.507 e. The van der Waals surface area contributed by atoms with Gasteiger partial charge in [-0.1, -0.05) is 6.07 Å². The number of benzene rings is 2. The van der Waals surface area contributed by atoms with E-state index in [2.05, 4.69) is 27.8 Å². The van der Waals surface area contributed by atoms with E-state index in [1.54, 1.807) is 14.2 Å². The van der Waals surface area contributed by atoms with Gasteiger partial charge in [0.1, 0.15) is 24.4 Å². The van der Waals surface area contributed by atoms with Crippen molar-refractivity contribution in [2.45, 2.75) is 61.9 Å². The second-order valence-corrected chi connectivity index (χ2v) is 13.1. The summed E-state index contributed by atoms with van der Waals surface area (Å²) in [6.45, 7) is 12.3. The number of hydrogen-bond acceptors (Lipinski definition) is 12. The number of methoxy groups -OCH3 is 2. The Morgan fingerprint density at radius 1 is 1.16 bits per heavy atom. The molecule has 237 valence electrons. The SMILES string of the molecule is [Ac].[C-]#[N+][C@H]1[C@@H]2Cc3cc(C)c(OC)c(OCOC)c3[C@H](C3[C@@H]4SC[C@H](N)C(=O)OC[C@H](c5c6c(c(C)c(O)c54)OCO6)N31)N2C. The summed E-state index contributed by atoms with van der Waals surface area (Å²) in [5.41, 5.74) is 11.3. The van der Waals surface area contributed by atoms with E-state index in [1.807, 2.05) is 13.8 Å². The molecule has 5 aliphatic rings. The number of ether oxygens (including phenoxy) is 6. The first-order chi connectivity index (χ1) is 21.2. The molecule has 1 radical (unpaired) electrons. The first-order valence-electron chi connectivity index (χ1n) is 14.6. The van der Waals surface area contributed by atoms with Gasteiger partial charge in [-0.2, -0.15) is 0 Å². The van der Waals surface area contributed by atoms with Crippen molar-refractivity contribution in [2.75, 3.05) is 47.2 Å². The molecule has 0 aromatic heterocycles. The first kappa shape index (κ1) is 33.0. The number of carbonyl (C=O) groups is 1. The van der Waals surface area contributed by atoms with E-state index >= 15 is 0 Å². The number of piperazine rings is 1. The molecule has 0 spiro atoms. The van der Waals surface area contributed by atoms with E-state index in [1.165, 1.54) is 11.8 Å². The van der Waals surface area contributed by atoms with Crippen LogP contribution in [0.5, 0.6) is 28.7 Å². The number of rotatable bonds is 4. The van der Waals surface area contributed by atoms with Gasteiger partial charge < -0.3 is 39.3 Å². The van der Waals surface area contributed by atoms with Gasteiger partial charge in [0, 0.05) is 79.2 Å². The van der Waals surface area contributed by atoms with Crippen LogP contribution in [0.3, 0.4) is 0 Å². The number of phenolic OH excluding ortho intramolecular Hbond substituents is 1. The van der Waals surface area contributed by atoms with Crippen LogP contribution in [0.4, 0.5) is 0 Å². The van der Waals surface area contributed by atoms with E-state index in [4.69, 9.17) is 40.7 Å². The van der Waals surface area contributed by atoms with E-state index in [0.717, 1.165) is 16.7 Å². The average molecular weight is 852 g/mol. The quantitative estimate of drug-likeness (QED) is 0.267. The second kappa shape index (κ2) is 12.6. The minimum absolute atomic E-state index is 0. The smallest absolute Gasteiger partial charge is 0.323 e. The summed E-state index contributed by atoms with van der Waals surface area (Å²) in [6.07, 6.45) is 0.0146. The van der Waals surface area contributed by atoms with Gasteiger partial charge in [-0.05, 0) is 38.4 Å². The van der Waals surface area contributed by atoms with Gasteiger partial charge in [-0.3, -0.25) is 14.5 Å². The van der Waals surface area contributed by atoms with Crippen molar-refractivity contribution >= 4 is 17.7 Å². The van der Waals surface area contributed by atoms with Crippen molar-refractivity contribution in [2.24, 2.45) is 5.73 Å². The molecule has 2 saturated heterocycles. The molecule has 4 bridgehead atoms. The van der Waals surface area contributed by atoms with Crippen molar-refractivity contribution in [3.8, 4) is 28.7 Å². The van der Waals surface area contributed by atoms with Crippen LogP contribution in [0.25, 0.3) is 4.85 Å². The molecule has 2 aromatic carbocycles. The van der Waals surface area contributed by atoms with Crippen LogP contribution < -0.4 is 24.7 Å². The van der Waals surface area contributed by atoms with Crippen LogP contribution >= 0.6 is 11.8 Å². The molecule has 3 N–H and O–H groups in total. The summed E-state index contributed by atoms with van der Waals surface area (Å²) < 4.78 is 35.2. The number of nitrogens with zero attached hydrogens (tertiary/aromatic N) is 3. The summed E-state index contributed by atoms with van der Waals surface area (Å²) in [4.78, 5) is 21.7. The molecule has 2 aromatic rings. The number of likely N-dealkylation sites (N-methyl/N-ethyl adjacent to an activating group) is 1. The monoisotopic (exact) mass is 851 g/mol. The molecule has 0 amide bonds. The number of aryl methyl sites for hydroxylation is 1. The van der Waals surface area contributed by atoms with Gasteiger partial charge in [0.05, 0.1) is 30.5 Å². The van der Waals surface area contributed by atoms with E-state index in [9.17, 15) is 9.90 Å². The number of aromatic hydroxyl groups is 1. The van der Waals surface area contributed by atoms with Crippen molar-refractivity contribution in [3.05, 3.63) is 50.9 Å². The van der Waals surface area contributed by atoms with Crippen LogP contribution in [-0.2, 0) is 20.7 Å². The Bertz CT molecular complexity index is 1590. The third-order valence-electron chi connectivity index (χ3n) is 9.74. The summed E-state index contributed by atoms with van der Waals surface area (Å²) in [5.74, 6) is 2.11. The minimum atomic E-state index is -0.846. The Hall–Kier alpha value is -1.97. The van der Waals surface area contributed by atoms with Crippen molar-refractivity contribution in [3.63, 3.8) is 0 Å². The third kappa shape index (κ3) is 4.83. The molecular weight excluding hydrogens is 815 g/mol. The first-order valence-corrected chi connectivity index (χ1v) is 15.6. The number of fused-ring (bicyclic) bond motifs is 9. The molecule has 7 rings (SSSR count). The predicted octanol–water partition coefficient (Wildman–Crippen LogP) is 2.97. The van der Waals surface area contributed by atoms with Gasteiger partial charge in [0.25, 0.3) is 6.17 Å². The molecule has 5 aliphatic heterocycles. The zero-order valence-corrected chi connectivity index (χ0v) is 31.4. The summed E-state index contributed by atoms with van der Waals surface area (Å²) >= 11 is 1.49. The van der Waals surface area contributed by atoms with E-state index in [0.29, 0.717) is 46.1 Å². The third-order valence-corrected chi connectivity index (χ3v) is 11.2. The summed E-state index contributed by atoms with van der Waals surface area (Å²) in [7, 11) is 5.25. The topological polar surface area (TPSA) is 130 Å². The Morgan fingerprint density at radius 3 is 2.62 bits per heavy atom. The molecule has 14 heteroatoms. The Morgan fingerprint density at radius 2 is 1.91 bits per heavy atom. The number of hydrogen-bond donors (Lipinski definition) is 2. The summed E-state index contributed by atoms with van der Waals surface area (Å²) in [6, 6.07) is -0.130. The van der Waals surface area contributed by atoms with E-state index in [-0.39, 0.29) is 93.9 Å². The van der Waals surface area contributed by atoms with E-state index < -0.39 is 29.5 Å². The maximum Gasteiger partial charge on any atom is 0.323 e. The number of thioether (sulfide) groups is 1. The number of cyclic esters (lactones) is 1. The fourth-order valence-electron chi connectivity index (χ4n) is 7.92. The summed E-state index contributed by atoms with van der Waals surface area (Å²) in [5, 5.41) is 11.5. The predicted molar refractivity (Wildman–Crippen MR) is 160 cm³/mol. The fourth-order valence-corrected chi connectivity index (χ4v) is 9.36. The second-order valence-electron chi connectivity index (χ2n) is 11.9. The average Bonchev–Trinajstić information content (AvgIpc) is 3.50. The normalized spacial score (nSPS) is 29.8. The van der Waals surface area contributed by atoms with Gasteiger partial charge >= 0.3 is 5.97 Å². The number of phenols is 1. The van der Waals surface area contributed by atoms with Gasteiger partial charge in [0.15, 0.2) is 29.8 Å². The van der Waals surface area contributed by atoms with Crippen molar-refractivity contribution < 1.29 is 82.4 Å². The van der Waals surface area contributed by atoms with Gasteiger partial charge in [-0.25, -0.2) is 11.5 Å². The molecule has 1 unspecified atom stereocenters. The molecule has 7 atom stereocenters. The van der Waals surface area contributed by atoms with Crippen LogP contribution in [0.15, 0.2) is 6.07 Å². The molecular formula is C31H36AcN4O8S. The van der Waals surface area contributed by atoms with Crippen LogP contribution in [-0.4, -0.2) is 92.4 Å². The molecule has 0 aliphatic carbocycles. The largest absolute Gasteiger partial charge is 0.507 e. The van der Waals surface area contributed by atoms with Gasteiger partial charge in [0.2, 0.25) is 6.79 Å². The van der Waals surface area contributed by atoms with Crippen LogP contribution in [0, 0.1) is 64.5 Å². The van der Waals surface area contributed by atoms with Gasteiger partial charge in [-0.15, -0.1) is 11.8 Å². The number of esters is 1. The maximum absolute atomic E-state index is 12.9. The van der Waals surface area contributed by atoms with Crippen LogP contribution in [0.1, 0.15) is 50.7 Å². The molecule has 12 nitrogen and oxygen atoms in total. The molecule has 45 heavy (non-hydrogen) atoms. The molecule has 2 fully saturated rings. The Kier molecular flexibility index (Phi) is 9.20. The Balaban J connectivity index is 0.00000357. The van der Waals surface area contributed by atoms with Crippen molar-refractivity contribution in [1.82, 2.24) is 9.80 Å². The zero-order chi connectivity index (χ0) is 31.0. The molecule has 5 heterocycles. The Labute approximate surface area is 302 Å².